The standard InChI is InChI=1S/C24H34N4O4S/c1-17-26-22-15-21(8-9-23(22)28(17)19-5-2-3-6-19)33(30,31)27-12-10-18(11-13-27)24(29)25-16-20-7-4-14-32-20/h8-9,15,18-20H,2-7,10-14,16H2,1H3,(H,25,29). The molecule has 0 spiro atoms. The Kier molecular flexibility index (Phi) is 6.46. The van der Waals surface area contributed by atoms with Crippen molar-refractivity contribution in [3.8, 4) is 0 Å². The van der Waals surface area contributed by atoms with E-state index in [1.165, 1.54) is 17.1 Å². The quantitative estimate of drug-likeness (QED) is 0.694. The number of hydrogen-bond donors (Lipinski definition) is 1. The number of nitrogens with one attached hydrogen (secondary N) is 1. The van der Waals surface area contributed by atoms with Crippen LogP contribution >= 0.6 is 0 Å². The molecule has 2 aromatic rings. The second-order valence-electron chi connectivity index (χ2n) is 9.68. The molecule has 1 N–H and O–H groups in total. The number of aromatic nitrogens is 2. The molecule has 1 aromatic heterocycles. The second-order valence-corrected chi connectivity index (χ2v) is 11.6. The van der Waals surface area contributed by atoms with Gasteiger partial charge in [0, 0.05) is 38.2 Å². The molecule has 5 rings (SSSR count). The number of sulfonamides is 1. The first-order chi connectivity index (χ1) is 15.9. The van der Waals surface area contributed by atoms with Crippen molar-refractivity contribution in [2.45, 2.75) is 75.3 Å². The molecule has 1 aromatic carbocycles. The fourth-order valence-electron chi connectivity index (χ4n) is 5.65. The maximum absolute atomic E-state index is 13.3. The number of carbonyl (C=O) groups excluding carboxylic acids is 1. The van der Waals surface area contributed by atoms with Gasteiger partial charge in [-0.1, -0.05) is 12.8 Å². The van der Waals surface area contributed by atoms with E-state index >= 15 is 0 Å². The van der Waals surface area contributed by atoms with Gasteiger partial charge in [-0.05, 0) is 63.6 Å². The van der Waals surface area contributed by atoms with Gasteiger partial charge in [0.25, 0.3) is 0 Å². The lowest BCUT2D eigenvalue weighted by Crippen LogP contribution is -2.44. The van der Waals surface area contributed by atoms with E-state index in [9.17, 15) is 13.2 Å². The number of fused-ring (bicyclic) bond motifs is 1. The highest BCUT2D eigenvalue weighted by Crippen LogP contribution is 2.34. The molecule has 2 saturated heterocycles. The molecule has 1 saturated carbocycles. The normalized spacial score (nSPS) is 23.5. The predicted octanol–water partition coefficient (Wildman–Crippen LogP) is 3.16. The van der Waals surface area contributed by atoms with E-state index in [1.807, 2.05) is 13.0 Å². The first-order valence-electron chi connectivity index (χ1n) is 12.3. The van der Waals surface area contributed by atoms with Crippen molar-refractivity contribution in [1.29, 1.82) is 0 Å². The summed E-state index contributed by atoms with van der Waals surface area (Å²) in [6.07, 6.45) is 8.00. The average molecular weight is 475 g/mol. The molecular weight excluding hydrogens is 440 g/mol. The number of hydrogen-bond acceptors (Lipinski definition) is 5. The summed E-state index contributed by atoms with van der Waals surface area (Å²) in [5, 5.41) is 2.99. The van der Waals surface area contributed by atoms with Crippen LogP contribution in [0, 0.1) is 12.8 Å². The Labute approximate surface area is 195 Å². The highest BCUT2D eigenvalue weighted by molar-refractivity contribution is 7.89. The zero-order chi connectivity index (χ0) is 23.0. The van der Waals surface area contributed by atoms with Crippen molar-refractivity contribution in [2.24, 2.45) is 5.92 Å². The average Bonchev–Trinajstić information content (AvgIpc) is 3.57. The molecule has 0 radical (unpaired) electrons. The molecule has 1 atom stereocenters. The molecule has 180 valence electrons. The molecule has 1 aliphatic carbocycles. The van der Waals surface area contributed by atoms with E-state index < -0.39 is 10.0 Å². The van der Waals surface area contributed by atoms with Crippen molar-refractivity contribution in [2.75, 3.05) is 26.2 Å². The second kappa shape index (κ2) is 9.35. The Balaban J connectivity index is 1.24. The minimum Gasteiger partial charge on any atom is -0.376 e. The van der Waals surface area contributed by atoms with Gasteiger partial charge >= 0.3 is 0 Å². The minimum absolute atomic E-state index is 0.0110. The molecule has 33 heavy (non-hydrogen) atoms. The smallest absolute Gasteiger partial charge is 0.243 e. The maximum atomic E-state index is 13.3. The SMILES string of the molecule is Cc1nc2cc(S(=O)(=O)N3CCC(C(=O)NCC4CCCO4)CC3)ccc2n1C1CCCC1. The third-order valence-corrected chi connectivity index (χ3v) is 9.41. The Morgan fingerprint density at radius 1 is 1.12 bits per heavy atom. The van der Waals surface area contributed by atoms with E-state index in [2.05, 4.69) is 14.9 Å². The van der Waals surface area contributed by atoms with Crippen molar-refractivity contribution in [3.05, 3.63) is 24.0 Å². The van der Waals surface area contributed by atoms with Gasteiger partial charge in [0.2, 0.25) is 15.9 Å². The summed E-state index contributed by atoms with van der Waals surface area (Å²) >= 11 is 0. The van der Waals surface area contributed by atoms with Gasteiger partial charge in [-0.15, -0.1) is 0 Å². The van der Waals surface area contributed by atoms with E-state index in [0.717, 1.165) is 49.1 Å². The number of rotatable bonds is 6. The molecule has 3 aliphatic rings. The van der Waals surface area contributed by atoms with Crippen molar-refractivity contribution in [1.82, 2.24) is 19.2 Å². The van der Waals surface area contributed by atoms with Crippen LogP contribution in [0.3, 0.4) is 0 Å². The summed E-state index contributed by atoms with van der Waals surface area (Å²) in [6.45, 7) is 4.02. The fraction of sp³-hybridized carbons (Fsp3) is 0.667. The molecule has 0 bridgehead atoms. The Bertz CT molecular complexity index is 1110. The van der Waals surface area contributed by atoms with Gasteiger partial charge in [-0.2, -0.15) is 4.31 Å². The summed E-state index contributed by atoms with van der Waals surface area (Å²) in [4.78, 5) is 17.5. The van der Waals surface area contributed by atoms with Crippen LogP contribution in [0.25, 0.3) is 11.0 Å². The van der Waals surface area contributed by atoms with Crippen LogP contribution in [0.5, 0.6) is 0 Å². The summed E-state index contributed by atoms with van der Waals surface area (Å²) < 4.78 is 36.0. The number of imidazole rings is 1. The number of carbonyl (C=O) groups is 1. The van der Waals surface area contributed by atoms with Crippen LogP contribution in [-0.2, 0) is 19.6 Å². The zero-order valence-corrected chi connectivity index (χ0v) is 20.1. The third kappa shape index (κ3) is 4.55. The van der Waals surface area contributed by atoms with Gasteiger partial charge in [0.1, 0.15) is 5.82 Å². The van der Waals surface area contributed by atoms with Gasteiger partial charge in [-0.25, -0.2) is 13.4 Å². The van der Waals surface area contributed by atoms with Crippen molar-refractivity contribution >= 4 is 27.0 Å². The van der Waals surface area contributed by atoms with Gasteiger partial charge < -0.3 is 14.6 Å². The van der Waals surface area contributed by atoms with Crippen LogP contribution in [0.15, 0.2) is 23.1 Å². The topological polar surface area (TPSA) is 93.5 Å². The third-order valence-electron chi connectivity index (χ3n) is 7.52. The number of piperidine rings is 1. The maximum Gasteiger partial charge on any atom is 0.243 e. The fourth-order valence-corrected chi connectivity index (χ4v) is 7.14. The number of benzene rings is 1. The number of aryl methyl sites for hydroxylation is 1. The van der Waals surface area contributed by atoms with E-state index in [4.69, 9.17) is 4.74 Å². The lowest BCUT2D eigenvalue weighted by molar-refractivity contribution is -0.126. The number of nitrogens with zero attached hydrogens (tertiary/aromatic N) is 3. The predicted molar refractivity (Wildman–Crippen MR) is 125 cm³/mol. The summed E-state index contributed by atoms with van der Waals surface area (Å²) in [5.74, 6) is 0.809. The van der Waals surface area contributed by atoms with Crippen LogP contribution in [0.2, 0.25) is 0 Å². The van der Waals surface area contributed by atoms with Gasteiger partial charge in [0.05, 0.1) is 22.0 Å². The number of ether oxygens (including phenoxy) is 1. The van der Waals surface area contributed by atoms with Crippen molar-refractivity contribution < 1.29 is 17.9 Å². The van der Waals surface area contributed by atoms with Crippen LogP contribution < -0.4 is 5.32 Å². The summed E-state index contributed by atoms with van der Waals surface area (Å²) in [6, 6.07) is 5.79. The molecule has 9 heteroatoms. The van der Waals surface area contributed by atoms with Crippen LogP contribution in [0.1, 0.15) is 63.2 Å². The molecule has 2 aliphatic heterocycles. The molecule has 3 heterocycles. The first-order valence-corrected chi connectivity index (χ1v) is 13.8. The molecule has 1 unspecified atom stereocenters. The van der Waals surface area contributed by atoms with E-state index in [0.29, 0.717) is 38.5 Å². The Hall–Kier alpha value is -1.97. The van der Waals surface area contributed by atoms with E-state index in [-0.39, 0.29) is 22.8 Å². The lowest BCUT2D eigenvalue weighted by atomic mass is 9.97. The monoisotopic (exact) mass is 474 g/mol. The first kappa shape index (κ1) is 22.8. The van der Waals surface area contributed by atoms with Crippen molar-refractivity contribution in [3.63, 3.8) is 0 Å². The summed E-state index contributed by atoms with van der Waals surface area (Å²) in [5.41, 5.74) is 1.75. The van der Waals surface area contributed by atoms with E-state index in [1.54, 1.807) is 12.1 Å². The Morgan fingerprint density at radius 3 is 2.58 bits per heavy atom. The van der Waals surface area contributed by atoms with Gasteiger partial charge in [0.15, 0.2) is 0 Å². The largest absolute Gasteiger partial charge is 0.376 e. The molecule has 3 fully saturated rings. The highest BCUT2D eigenvalue weighted by atomic mass is 32.2. The molecule has 1 amide bonds. The summed E-state index contributed by atoms with van der Waals surface area (Å²) in [7, 11) is -3.62. The minimum atomic E-state index is -3.62. The van der Waals surface area contributed by atoms with Gasteiger partial charge in [-0.3, -0.25) is 4.79 Å². The zero-order valence-electron chi connectivity index (χ0n) is 19.3. The Morgan fingerprint density at radius 2 is 1.88 bits per heavy atom. The number of amides is 1. The van der Waals surface area contributed by atoms with Crippen LogP contribution in [0.4, 0.5) is 0 Å². The highest BCUT2D eigenvalue weighted by Gasteiger charge is 2.33. The molecular formula is C24H34N4O4S. The lowest BCUT2D eigenvalue weighted by Gasteiger charge is -2.30. The van der Waals surface area contributed by atoms with Crippen LogP contribution in [-0.4, -0.2) is 60.5 Å². The molecule has 8 nitrogen and oxygen atoms in total.